The molecule has 2 rings (SSSR count). The Bertz CT molecular complexity index is 689. The Balaban J connectivity index is 1.75. The summed E-state index contributed by atoms with van der Waals surface area (Å²) in [5, 5.41) is 6.59. The van der Waals surface area contributed by atoms with Crippen LogP contribution in [0.5, 0.6) is 11.5 Å². The Hall–Kier alpha value is -2.76. The summed E-state index contributed by atoms with van der Waals surface area (Å²) in [6.07, 6.45) is 3.73. The fourth-order valence-electron chi connectivity index (χ4n) is 2.54. The number of nitrogens with one attached hydrogen (secondary N) is 2. The first kappa shape index (κ1) is 19.6. The van der Waals surface area contributed by atoms with Crippen LogP contribution < -0.4 is 20.1 Å². The van der Waals surface area contributed by atoms with Crippen molar-refractivity contribution in [1.82, 2.24) is 15.6 Å². The SMILES string of the molecule is CCOc1cc(CCCNC(=NC)NCc2ccccn2)ccc1OC. The molecule has 0 unspecified atom stereocenters. The second-order valence-corrected chi connectivity index (χ2v) is 5.70. The van der Waals surface area contributed by atoms with E-state index in [0.717, 1.165) is 42.5 Å². The lowest BCUT2D eigenvalue weighted by Crippen LogP contribution is -2.37. The first-order chi connectivity index (χ1) is 12.8. The normalized spacial score (nSPS) is 11.1. The van der Waals surface area contributed by atoms with Crippen LogP contribution in [0.1, 0.15) is 24.6 Å². The van der Waals surface area contributed by atoms with Gasteiger partial charge in [0.2, 0.25) is 0 Å². The first-order valence-electron chi connectivity index (χ1n) is 8.91. The molecule has 0 radical (unpaired) electrons. The van der Waals surface area contributed by atoms with Crippen molar-refractivity contribution in [3.8, 4) is 11.5 Å². The minimum Gasteiger partial charge on any atom is -0.493 e. The summed E-state index contributed by atoms with van der Waals surface area (Å²) in [6.45, 7) is 4.08. The summed E-state index contributed by atoms with van der Waals surface area (Å²) in [5.74, 6) is 2.35. The number of nitrogens with zero attached hydrogens (tertiary/aromatic N) is 2. The Morgan fingerprint density at radius 2 is 2.04 bits per heavy atom. The van der Waals surface area contributed by atoms with Crippen molar-refractivity contribution in [3.05, 3.63) is 53.9 Å². The van der Waals surface area contributed by atoms with E-state index in [1.807, 2.05) is 31.2 Å². The highest BCUT2D eigenvalue weighted by Gasteiger charge is 2.05. The zero-order valence-corrected chi connectivity index (χ0v) is 15.8. The molecule has 0 fully saturated rings. The number of pyridine rings is 1. The highest BCUT2D eigenvalue weighted by Crippen LogP contribution is 2.28. The van der Waals surface area contributed by atoms with E-state index in [1.54, 1.807) is 20.4 Å². The molecule has 140 valence electrons. The van der Waals surface area contributed by atoms with Crippen LogP contribution >= 0.6 is 0 Å². The summed E-state index contributed by atoms with van der Waals surface area (Å²) in [6, 6.07) is 12.0. The molecule has 0 bridgehead atoms. The summed E-state index contributed by atoms with van der Waals surface area (Å²) in [5.41, 5.74) is 2.21. The molecule has 1 heterocycles. The summed E-state index contributed by atoms with van der Waals surface area (Å²) in [4.78, 5) is 8.53. The molecule has 1 aromatic heterocycles. The van der Waals surface area contributed by atoms with Gasteiger partial charge in [-0.15, -0.1) is 0 Å². The van der Waals surface area contributed by atoms with Crippen LogP contribution in [0.2, 0.25) is 0 Å². The largest absolute Gasteiger partial charge is 0.493 e. The van der Waals surface area contributed by atoms with E-state index in [-0.39, 0.29) is 0 Å². The van der Waals surface area contributed by atoms with Crippen molar-refractivity contribution in [3.63, 3.8) is 0 Å². The maximum Gasteiger partial charge on any atom is 0.191 e. The molecular weight excluding hydrogens is 328 g/mol. The molecule has 0 aliphatic heterocycles. The maximum atomic E-state index is 5.63. The average molecular weight is 356 g/mol. The van der Waals surface area contributed by atoms with Crippen molar-refractivity contribution in [2.24, 2.45) is 4.99 Å². The number of aliphatic imine (C=N–C) groups is 1. The van der Waals surface area contributed by atoms with Crippen LogP contribution in [0.3, 0.4) is 0 Å². The lowest BCUT2D eigenvalue weighted by Gasteiger charge is -2.13. The van der Waals surface area contributed by atoms with Gasteiger partial charge in [0.05, 0.1) is 26.0 Å². The predicted molar refractivity (Wildman–Crippen MR) is 105 cm³/mol. The number of aromatic nitrogens is 1. The van der Waals surface area contributed by atoms with Gasteiger partial charge in [-0.2, -0.15) is 0 Å². The van der Waals surface area contributed by atoms with E-state index in [4.69, 9.17) is 9.47 Å². The molecule has 2 aromatic rings. The predicted octanol–water partition coefficient (Wildman–Crippen LogP) is 2.79. The molecule has 0 spiro atoms. The van der Waals surface area contributed by atoms with Crippen LogP contribution in [0.25, 0.3) is 0 Å². The van der Waals surface area contributed by atoms with Crippen molar-refractivity contribution in [2.45, 2.75) is 26.3 Å². The van der Waals surface area contributed by atoms with Crippen LogP contribution in [-0.4, -0.2) is 38.3 Å². The summed E-state index contributed by atoms with van der Waals surface area (Å²) >= 11 is 0. The van der Waals surface area contributed by atoms with Gasteiger partial charge in [-0.3, -0.25) is 9.98 Å². The Labute approximate surface area is 155 Å². The number of aryl methyl sites for hydroxylation is 1. The Kier molecular flexibility index (Phi) is 8.26. The van der Waals surface area contributed by atoms with Crippen molar-refractivity contribution < 1.29 is 9.47 Å². The van der Waals surface area contributed by atoms with Crippen LogP contribution in [0.15, 0.2) is 47.6 Å². The van der Waals surface area contributed by atoms with E-state index < -0.39 is 0 Å². The number of benzene rings is 1. The molecule has 2 N–H and O–H groups in total. The second-order valence-electron chi connectivity index (χ2n) is 5.70. The van der Waals surface area contributed by atoms with Gasteiger partial charge in [0, 0.05) is 19.8 Å². The highest BCUT2D eigenvalue weighted by molar-refractivity contribution is 5.79. The Morgan fingerprint density at radius 3 is 2.73 bits per heavy atom. The minimum absolute atomic E-state index is 0.625. The monoisotopic (exact) mass is 356 g/mol. The molecule has 0 saturated heterocycles. The van der Waals surface area contributed by atoms with Crippen molar-refractivity contribution in [2.75, 3.05) is 27.3 Å². The topological polar surface area (TPSA) is 67.8 Å². The number of hydrogen-bond acceptors (Lipinski definition) is 4. The number of rotatable bonds is 9. The molecule has 0 atom stereocenters. The molecule has 0 saturated carbocycles. The molecular formula is C20H28N4O2. The van der Waals surface area contributed by atoms with E-state index in [9.17, 15) is 0 Å². The van der Waals surface area contributed by atoms with Gasteiger partial charge >= 0.3 is 0 Å². The number of ether oxygens (including phenoxy) is 2. The second kappa shape index (κ2) is 11.0. The van der Waals surface area contributed by atoms with Crippen molar-refractivity contribution in [1.29, 1.82) is 0 Å². The third-order valence-corrected chi connectivity index (χ3v) is 3.85. The quantitative estimate of drug-likeness (QED) is 0.411. The molecule has 0 aliphatic carbocycles. The fraction of sp³-hybridized carbons (Fsp3) is 0.400. The fourth-order valence-corrected chi connectivity index (χ4v) is 2.54. The van der Waals surface area contributed by atoms with Gasteiger partial charge in [-0.05, 0) is 49.6 Å². The van der Waals surface area contributed by atoms with Gasteiger partial charge in [0.25, 0.3) is 0 Å². The Morgan fingerprint density at radius 1 is 1.15 bits per heavy atom. The zero-order valence-electron chi connectivity index (χ0n) is 15.8. The van der Waals surface area contributed by atoms with Gasteiger partial charge < -0.3 is 20.1 Å². The molecule has 6 heteroatoms. The first-order valence-corrected chi connectivity index (χ1v) is 8.91. The number of hydrogen-bond donors (Lipinski definition) is 2. The smallest absolute Gasteiger partial charge is 0.191 e. The van der Waals surface area contributed by atoms with E-state index in [0.29, 0.717) is 13.2 Å². The van der Waals surface area contributed by atoms with Crippen molar-refractivity contribution >= 4 is 5.96 Å². The highest BCUT2D eigenvalue weighted by atomic mass is 16.5. The number of guanidine groups is 1. The van der Waals surface area contributed by atoms with Gasteiger partial charge in [-0.1, -0.05) is 12.1 Å². The number of methoxy groups -OCH3 is 1. The minimum atomic E-state index is 0.625. The maximum absolute atomic E-state index is 5.63. The molecule has 6 nitrogen and oxygen atoms in total. The van der Waals surface area contributed by atoms with Gasteiger partial charge in [0.15, 0.2) is 17.5 Å². The van der Waals surface area contributed by atoms with E-state index in [2.05, 4.69) is 32.7 Å². The van der Waals surface area contributed by atoms with Crippen LogP contribution in [-0.2, 0) is 13.0 Å². The van der Waals surface area contributed by atoms with Crippen LogP contribution in [0.4, 0.5) is 0 Å². The third-order valence-electron chi connectivity index (χ3n) is 3.85. The lowest BCUT2D eigenvalue weighted by atomic mass is 10.1. The zero-order chi connectivity index (χ0) is 18.6. The summed E-state index contributed by atoms with van der Waals surface area (Å²) in [7, 11) is 3.43. The third kappa shape index (κ3) is 6.27. The molecule has 1 aromatic carbocycles. The van der Waals surface area contributed by atoms with E-state index >= 15 is 0 Å². The van der Waals surface area contributed by atoms with E-state index in [1.165, 1.54) is 5.56 Å². The van der Waals surface area contributed by atoms with Gasteiger partial charge in [-0.25, -0.2) is 0 Å². The average Bonchev–Trinajstić information content (AvgIpc) is 2.68. The van der Waals surface area contributed by atoms with Gasteiger partial charge in [0.1, 0.15) is 0 Å². The standard InChI is InChI=1S/C20H28N4O2/c1-4-26-19-14-16(10-11-18(19)25-3)8-7-13-23-20(21-2)24-15-17-9-5-6-12-22-17/h5-6,9-12,14H,4,7-8,13,15H2,1-3H3,(H2,21,23,24). The summed E-state index contributed by atoms with van der Waals surface area (Å²) < 4.78 is 11.0. The van der Waals surface area contributed by atoms with Crippen LogP contribution in [0, 0.1) is 0 Å². The lowest BCUT2D eigenvalue weighted by molar-refractivity contribution is 0.310. The molecule has 0 amide bonds. The molecule has 26 heavy (non-hydrogen) atoms. The molecule has 0 aliphatic rings.